The molecule has 2 rings (SSSR count). The third kappa shape index (κ3) is 3.19. The quantitative estimate of drug-likeness (QED) is 0.879. The number of aryl methyl sites for hydroxylation is 2. The fourth-order valence-corrected chi connectivity index (χ4v) is 2.50. The molecule has 1 atom stereocenters. The van der Waals surface area contributed by atoms with Crippen molar-refractivity contribution in [2.24, 2.45) is 7.05 Å². The molecule has 0 aliphatic rings. The molecule has 6 heteroatoms. The molecule has 1 aromatic heterocycles. The van der Waals surface area contributed by atoms with Crippen molar-refractivity contribution in [2.45, 2.75) is 31.2 Å². The summed E-state index contributed by atoms with van der Waals surface area (Å²) in [5, 5.41) is 11.2. The summed E-state index contributed by atoms with van der Waals surface area (Å²) in [6, 6.07) is 5.89. The van der Waals surface area contributed by atoms with E-state index in [4.69, 9.17) is 0 Å². The minimum absolute atomic E-state index is 0.0355. The second kappa shape index (κ2) is 6.09. The van der Waals surface area contributed by atoms with E-state index in [0.29, 0.717) is 0 Å². The minimum Gasteiger partial charge on any atom is -0.325 e. The van der Waals surface area contributed by atoms with Crippen LogP contribution < -0.4 is 5.32 Å². The Morgan fingerprint density at radius 2 is 2.15 bits per heavy atom. The van der Waals surface area contributed by atoms with Gasteiger partial charge in [0, 0.05) is 12.7 Å². The van der Waals surface area contributed by atoms with Crippen LogP contribution >= 0.6 is 11.8 Å². The molecule has 2 aromatic rings. The van der Waals surface area contributed by atoms with Crippen LogP contribution in [0.3, 0.4) is 0 Å². The first-order valence-corrected chi connectivity index (χ1v) is 7.24. The predicted molar refractivity (Wildman–Crippen MR) is 80.9 cm³/mol. The highest BCUT2D eigenvalue weighted by atomic mass is 32.2. The summed E-state index contributed by atoms with van der Waals surface area (Å²) < 4.78 is 1.80. The fourth-order valence-electron chi connectivity index (χ4n) is 1.71. The molecule has 5 nitrogen and oxygen atoms in total. The number of hydrogen-bond donors (Lipinski definition) is 1. The van der Waals surface area contributed by atoms with Gasteiger partial charge < -0.3 is 9.88 Å². The molecule has 1 N–H and O–H groups in total. The van der Waals surface area contributed by atoms with E-state index >= 15 is 0 Å². The zero-order chi connectivity index (χ0) is 14.7. The largest absolute Gasteiger partial charge is 0.325 e. The molecular formula is C14H18N4OS. The van der Waals surface area contributed by atoms with Crippen LogP contribution in [-0.2, 0) is 11.8 Å². The molecule has 0 aliphatic heterocycles. The van der Waals surface area contributed by atoms with E-state index in [1.807, 2.05) is 46.0 Å². The lowest BCUT2D eigenvalue weighted by Crippen LogP contribution is -2.23. The van der Waals surface area contributed by atoms with Gasteiger partial charge in [0.1, 0.15) is 6.33 Å². The van der Waals surface area contributed by atoms with Crippen LogP contribution in [0.5, 0.6) is 0 Å². The van der Waals surface area contributed by atoms with Gasteiger partial charge in [-0.25, -0.2) is 0 Å². The van der Waals surface area contributed by atoms with Gasteiger partial charge in [-0.3, -0.25) is 4.79 Å². The van der Waals surface area contributed by atoms with E-state index in [2.05, 4.69) is 15.5 Å². The smallest absolute Gasteiger partial charge is 0.237 e. The van der Waals surface area contributed by atoms with Crippen molar-refractivity contribution in [3.8, 4) is 0 Å². The summed E-state index contributed by atoms with van der Waals surface area (Å²) in [6.45, 7) is 5.90. The maximum Gasteiger partial charge on any atom is 0.237 e. The topological polar surface area (TPSA) is 59.8 Å². The van der Waals surface area contributed by atoms with Crippen LogP contribution in [0.1, 0.15) is 18.1 Å². The number of aromatic nitrogens is 3. The average Bonchev–Trinajstić information content (AvgIpc) is 2.80. The Morgan fingerprint density at radius 1 is 1.40 bits per heavy atom. The van der Waals surface area contributed by atoms with Crippen molar-refractivity contribution in [1.82, 2.24) is 14.8 Å². The second-order valence-electron chi connectivity index (χ2n) is 4.72. The van der Waals surface area contributed by atoms with Gasteiger partial charge in [-0.15, -0.1) is 10.2 Å². The molecule has 20 heavy (non-hydrogen) atoms. The van der Waals surface area contributed by atoms with Crippen LogP contribution in [0.25, 0.3) is 0 Å². The van der Waals surface area contributed by atoms with Crippen LogP contribution in [0, 0.1) is 13.8 Å². The Morgan fingerprint density at radius 3 is 2.80 bits per heavy atom. The molecule has 1 aromatic carbocycles. The maximum absolute atomic E-state index is 12.2. The van der Waals surface area contributed by atoms with Crippen LogP contribution in [-0.4, -0.2) is 25.9 Å². The Balaban J connectivity index is 2.04. The Kier molecular flexibility index (Phi) is 4.44. The molecule has 0 bridgehead atoms. The molecule has 0 spiro atoms. The number of anilines is 1. The number of carbonyl (C=O) groups excluding carboxylic acids is 1. The molecule has 0 saturated carbocycles. The number of nitrogens with zero attached hydrogens (tertiary/aromatic N) is 3. The summed E-state index contributed by atoms with van der Waals surface area (Å²) in [5.74, 6) is -0.0355. The molecule has 0 saturated heterocycles. The standard InChI is InChI=1S/C14H18N4OS/c1-9-6-5-7-12(10(9)2)16-13(19)11(3)20-14-17-15-8-18(14)4/h5-8,11H,1-4H3,(H,16,19). The number of nitrogens with one attached hydrogen (secondary N) is 1. The summed E-state index contributed by atoms with van der Waals surface area (Å²) >= 11 is 1.39. The van der Waals surface area contributed by atoms with E-state index in [9.17, 15) is 4.79 Å². The number of thioether (sulfide) groups is 1. The number of rotatable bonds is 4. The monoisotopic (exact) mass is 290 g/mol. The normalized spacial score (nSPS) is 12.2. The van der Waals surface area contributed by atoms with Gasteiger partial charge in [-0.05, 0) is 38.0 Å². The highest BCUT2D eigenvalue weighted by Crippen LogP contribution is 2.23. The third-order valence-corrected chi connectivity index (χ3v) is 4.33. The zero-order valence-corrected chi connectivity index (χ0v) is 12.9. The van der Waals surface area contributed by atoms with Crippen molar-refractivity contribution in [2.75, 3.05) is 5.32 Å². The summed E-state index contributed by atoms with van der Waals surface area (Å²) in [7, 11) is 1.86. The zero-order valence-electron chi connectivity index (χ0n) is 12.0. The number of amides is 1. The average molecular weight is 290 g/mol. The van der Waals surface area contributed by atoms with Gasteiger partial charge in [-0.2, -0.15) is 0 Å². The third-order valence-electron chi connectivity index (χ3n) is 3.18. The van der Waals surface area contributed by atoms with Gasteiger partial charge in [0.25, 0.3) is 0 Å². The lowest BCUT2D eigenvalue weighted by atomic mass is 10.1. The second-order valence-corrected chi connectivity index (χ2v) is 6.03. The fraction of sp³-hybridized carbons (Fsp3) is 0.357. The number of hydrogen-bond acceptors (Lipinski definition) is 4. The Bertz CT molecular complexity index is 623. The molecule has 0 fully saturated rings. The molecule has 1 unspecified atom stereocenters. The summed E-state index contributed by atoms with van der Waals surface area (Å²) in [5.41, 5.74) is 3.12. The first-order valence-electron chi connectivity index (χ1n) is 6.36. The van der Waals surface area contributed by atoms with Crippen LogP contribution in [0.15, 0.2) is 29.7 Å². The van der Waals surface area contributed by atoms with E-state index < -0.39 is 0 Å². The predicted octanol–water partition coefficient (Wildman–Crippen LogP) is 2.55. The molecular weight excluding hydrogens is 272 g/mol. The molecule has 0 aliphatic carbocycles. The van der Waals surface area contributed by atoms with E-state index in [0.717, 1.165) is 22.0 Å². The summed E-state index contributed by atoms with van der Waals surface area (Å²) in [6.07, 6.45) is 1.62. The molecule has 0 radical (unpaired) electrons. The van der Waals surface area contributed by atoms with Gasteiger partial charge in [0.2, 0.25) is 5.91 Å². The molecule has 1 heterocycles. The van der Waals surface area contributed by atoms with Gasteiger partial charge in [-0.1, -0.05) is 23.9 Å². The van der Waals surface area contributed by atoms with E-state index in [1.165, 1.54) is 11.8 Å². The van der Waals surface area contributed by atoms with Crippen LogP contribution in [0.2, 0.25) is 0 Å². The Hall–Kier alpha value is -1.82. The van der Waals surface area contributed by atoms with Crippen LogP contribution in [0.4, 0.5) is 5.69 Å². The molecule has 1 amide bonds. The highest BCUT2D eigenvalue weighted by molar-refractivity contribution is 8.00. The number of benzene rings is 1. The van der Waals surface area contributed by atoms with E-state index in [-0.39, 0.29) is 11.2 Å². The first-order chi connectivity index (χ1) is 9.49. The van der Waals surface area contributed by atoms with Gasteiger partial charge in [0.05, 0.1) is 5.25 Å². The lowest BCUT2D eigenvalue weighted by Gasteiger charge is -2.14. The molecule has 106 valence electrons. The van der Waals surface area contributed by atoms with Gasteiger partial charge >= 0.3 is 0 Å². The van der Waals surface area contributed by atoms with Crippen molar-refractivity contribution in [3.05, 3.63) is 35.7 Å². The van der Waals surface area contributed by atoms with Crippen molar-refractivity contribution < 1.29 is 4.79 Å². The maximum atomic E-state index is 12.2. The lowest BCUT2D eigenvalue weighted by molar-refractivity contribution is -0.115. The Labute approximate surface area is 122 Å². The summed E-state index contributed by atoms with van der Waals surface area (Å²) in [4.78, 5) is 12.2. The SMILES string of the molecule is Cc1cccc(NC(=O)C(C)Sc2nncn2C)c1C. The number of carbonyl (C=O) groups is 1. The minimum atomic E-state index is -0.238. The van der Waals surface area contributed by atoms with Crippen molar-refractivity contribution in [1.29, 1.82) is 0 Å². The van der Waals surface area contributed by atoms with Crippen molar-refractivity contribution in [3.63, 3.8) is 0 Å². The van der Waals surface area contributed by atoms with E-state index in [1.54, 1.807) is 10.9 Å². The highest BCUT2D eigenvalue weighted by Gasteiger charge is 2.17. The van der Waals surface area contributed by atoms with Gasteiger partial charge in [0.15, 0.2) is 5.16 Å². The van der Waals surface area contributed by atoms with Crippen molar-refractivity contribution >= 4 is 23.4 Å². The first kappa shape index (κ1) is 14.6.